The van der Waals surface area contributed by atoms with Crippen LogP contribution in [0.25, 0.3) is 0 Å². The van der Waals surface area contributed by atoms with Gasteiger partial charge in [0.05, 0.1) is 6.04 Å². The van der Waals surface area contributed by atoms with Gasteiger partial charge in [-0.3, -0.25) is 4.99 Å². The Morgan fingerprint density at radius 3 is 2.58 bits per heavy atom. The summed E-state index contributed by atoms with van der Waals surface area (Å²) in [5.74, 6) is 0.206. The van der Waals surface area contributed by atoms with Gasteiger partial charge in [0.15, 0.2) is 0 Å². The summed E-state index contributed by atoms with van der Waals surface area (Å²) in [6, 6.07) is 18.5. The minimum atomic E-state index is 0.0846. The predicted molar refractivity (Wildman–Crippen MR) is 77.5 cm³/mol. The topological polar surface area (TPSA) is 32.6 Å². The van der Waals surface area contributed by atoms with Crippen LogP contribution < -0.4 is 0 Å². The number of hydrogen-bond donors (Lipinski definition) is 1. The molecule has 2 heteroatoms. The Bertz CT molecular complexity index is 577. The first kappa shape index (κ1) is 12.1. The second kappa shape index (κ2) is 5.37. The van der Waals surface area contributed by atoms with Crippen LogP contribution in [-0.2, 0) is 6.42 Å². The smallest absolute Gasteiger partial charge is 0.0805 e. The van der Waals surface area contributed by atoms with Crippen LogP contribution in [-0.4, -0.2) is 17.9 Å². The molecule has 0 aromatic heterocycles. The third-order valence-electron chi connectivity index (χ3n) is 3.72. The van der Waals surface area contributed by atoms with Crippen molar-refractivity contribution in [1.29, 1.82) is 0 Å². The number of aliphatic hydroxyl groups is 1. The lowest BCUT2D eigenvalue weighted by Gasteiger charge is -2.13. The van der Waals surface area contributed by atoms with Gasteiger partial charge in [-0.05, 0) is 23.1 Å². The van der Waals surface area contributed by atoms with Gasteiger partial charge >= 0.3 is 0 Å². The highest BCUT2D eigenvalue weighted by molar-refractivity contribution is 5.79. The SMILES string of the molecule is OC[C@H]1Cc2ccccc2[C@H]1N=Cc1ccccc1. The van der Waals surface area contributed by atoms with E-state index in [-0.39, 0.29) is 18.6 Å². The van der Waals surface area contributed by atoms with Crippen molar-refractivity contribution < 1.29 is 5.11 Å². The van der Waals surface area contributed by atoms with Crippen molar-refractivity contribution in [2.24, 2.45) is 10.9 Å². The van der Waals surface area contributed by atoms with E-state index in [0.717, 1.165) is 12.0 Å². The molecule has 2 atom stereocenters. The van der Waals surface area contributed by atoms with Crippen LogP contribution in [0.4, 0.5) is 0 Å². The van der Waals surface area contributed by atoms with E-state index in [2.05, 4.69) is 18.2 Å². The molecule has 2 aromatic carbocycles. The van der Waals surface area contributed by atoms with E-state index < -0.39 is 0 Å². The molecule has 0 bridgehead atoms. The second-order valence-electron chi connectivity index (χ2n) is 4.98. The molecular weight excluding hydrogens is 234 g/mol. The van der Waals surface area contributed by atoms with Crippen LogP contribution in [0.2, 0.25) is 0 Å². The minimum absolute atomic E-state index is 0.0846. The molecule has 0 fully saturated rings. The van der Waals surface area contributed by atoms with Gasteiger partial charge in [0.25, 0.3) is 0 Å². The molecule has 0 saturated carbocycles. The van der Waals surface area contributed by atoms with Crippen LogP contribution in [0.3, 0.4) is 0 Å². The Balaban J connectivity index is 1.88. The maximum Gasteiger partial charge on any atom is 0.0805 e. The lowest BCUT2D eigenvalue weighted by Crippen LogP contribution is -2.10. The van der Waals surface area contributed by atoms with Crippen molar-refractivity contribution >= 4 is 6.21 Å². The van der Waals surface area contributed by atoms with Gasteiger partial charge in [-0.25, -0.2) is 0 Å². The normalized spacial score (nSPS) is 21.7. The Labute approximate surface area is 113 Å². The van der Waals surface area contributed by atoms with E-state index in [9.17, 15) is 5.11 Å². The minimum Gasteiger partial charge on any atom is -0.396 e. The van der Waals surface area contributed by atoms with Crippen molar-refractivity contribution in [3.8, 4) is 0 Å². The van der Waals surface area contributed by atoms with Crippen LogP contribution in [0, 0.1) is 5.92 Å². The summed E-state index contributed by atoms with van der Waals surface area (Å²) in [6.07, 6.45) is 2.83. The molecule has 2 aromatic rings. The lowest BCUT2D eigenvalue weighted by atomic mass is 10.0. The number of rotatable bonds is 3. The summed E-state index contributed by atoms with van der Waals surface area (Å²) < 4.78 is 0. The average Bonchev–Trinajstić information content (AvgIpc) is 2.84. The zero-order valence-electron chi connectivity index (χ0n) is 10.7. The zero-order valence-corrected chi connectivity index (χ0v) is 10.7. The third kappa shape index (κ3) is 2.45. The maximum absolute atomic E-state index is 9.53. The van der Waals surface area contributed by atoms with E-state index in [1.54, 1.807) is 0 Å². The quantitative estimate of drug-likeness (QED) is 0.836. The highest BCUT2D eigenvalue weighted by Crippen LogP contribution is 2.38. The van der Waals surface area contributed by atoms with Crippen molar-refractivity contribution in [2.75, 3.05) is 6.61 Å². The summed E-state index contributed by atoms with van der Waals surface area (Å²) in [6.45, 7) is 0.186. The summed E-state index contributed by atoms with van der Waals surface area (Å²) >= 11 is 0. The molecule has 0 radical (unpaired) electrons. The van der Waals surface area contributed by atoms with Crippen LogP contribution in [0.15, 0.2) is 59.6 Å². The van der Waals surface area contributed by atoms with Gasteiger partial charge < -0.3 is 5.11 Å². The van der Waals surface area contributed by atoms with Gasteiger partial charge in [-0.15, -0.1) is 0 Å². The number of aliphatic imine (C=N–C) groups is 1. The molecule has 1 aliphatic rings. The number of nitrogens with zero attached hydrogens (tertiary/aromatic N) is 1. The van der Waals surface area contributed by atoms with E-state index in [0.29, 0.717) is 0 Å². The largest absolute Gasteiger partial charge is 0.396 e. The molecule has 0 heterocycles. The van der Waals surface area contributed by atoms with Gasteiger partial charge in [-0.2, -0.15) is 0 Å². The third-order valence-corrected chi connectivity index (χ3v) is 3.72. The monoisotopic (exact) mass is 251 g/mol. The molecule has 1 N–H and O–H groups in total. The first-order valence-electron chi connectivity index (χ1n) is 6.65. The van der Waals surface area contributed by atoms with Crippen molar-refractivity contribution in [1.82, 2.24) is 0 Å². The lowest BCUT2D eigenvalue weighted by molar-refractivity contribution is 0.214. The number of hydrogen-bond acceptors (Lipinski definition) is 2. The van der Waals surface area contributed by atoms with Crippen LogP contribution in [0.5, 0.6) is 0 Å². The fourth-order valence-electron chi connectivity index (χ4n) is 2.73. The Hall–Kier alpha value is -1.93. The average molecular weight is 251 g/mol. The molecule has 96 valence electrons. The number of benzene rings is 2. The highest BCUT2D eigenvalue weighted by Gasteiger charge is 2.30. The summed E-state index contributed by atoms with van der Waals surface area (Å²) in [5, 5.41) is 9.53. The first-order chi connectivity index (χ1) is 9.38. The zero-order chi connectivity index (χ0) is 13.1. The van der Waals surface area contributed by atoms with Crippen molar-refractivity contribution in [3.63, 3.8) is 0 Å². The molecule has 0 saturated heterocycles. The van der Waals surface area contributed by atoms with E-state index >= 15 is 0 Å². The standard InChI is InChI=1S/C17H17NO/c19-12-15-10-14-8-4-5-9-16(14)17(15)18-11-13-6-2-1-3-7-13/h1-9,11,15,17,19H,10,12H2/t15-,17+/m1/s1. The van der Waals surface area contributed by atoms with Crippen LogP contribution >= 0.6 is 0 Å². The van der Waals surface area contributed by atoms with Crippen LogP contribution in [0.1, 0.15) is 22.7 Å². The highest BCUT2D eigenvalue weighted by atomic mass is 16.3. The Morgan fingerprint density at radius 1 is 1.05 bits per heavy atom. The van der Waals surface area contributed by atoms with Gasteiger partial charge in [-0.1, -0.05) is 54.6 Å². The molecule has 19 heavy (non-hydrogen) atoms. The summed E-state index contributed by atoms with van der Waals surface area (Å²) in [5.41, 5.74) is 3.68. The molecule has 2 nitrogen and oxygen atoms in total. The fraction of sp³-hybridized carbons (Fsp3) is 0.235. The molecule has 0 spiro atoms. The fourth-order valence-corrected chi connectivity index (χ4v) is 2.73. The van der Waals surface area contributed by atoms with E-state index in [1.165, 1.54) is 11.1 Å². The predicted octanol–water partition coefficient (Wildman–Crippen LogP) is 3.01. The van der Waals surface area contributed by atoms with E-state index in [4.69, 9.17) is 4.99 Å². The number of fused-ring (bicyclic) bond motifs is 1. The Morgan fingerprint density at radius 2 is 1.79 bits per heavy atom. The summed E-state index contributed by atoms with van der Waals surface area (Å²) in [4.78, 5) is 4.70. The second-order valence-corrected chi connectivity index (χ2v) is 4.98. The molecule has 0 unspecified atom stereocenters. The molecular formula is C17H17NO. The molecule has 0 aliphatic heterocycles. The Kier molecular flexibility index (Phi) is 3.43. The molecule has 1 aliphatic carbocycles. The molecule has 0 amide bonds. The summed E-state index contributed by atoms with van der Waals surface area (Å²) in [7, 11) is 0. The van der Waals surface area contributed by atoms with Crippen molar-refractivity contribution in [3.05, 3.63) is 71.3 Å². The molecule has 3 rings (SSSR count). The van der Waals surface area contributed by atoms with Gasteiger partial charge in [0.1, 0.15) is 0 Å². The van der Waals surface area contributed by atoms with E-state index in [1.807, 2.05) is 42.6 Å². The van der Waals surface area contributed by atoms with Crippen molar-refractivity contribution in [2.45, 2.75) is 12.5 Å². The first-order valence-corrected chi connectivity index (χ1v) is 6.65. The van der Waals surface area contributed by atoms with Gasteiger partial charge in [0, 0.05) is 18.7 Å². The maximum atomic E-state index is 9.53. The van der Waals surface area contributed by atoms with Gasteiger partial charge in [0.2, 0.25) is 0 Å². The number of aliphatic hydroxyl groups excluding tert-OH is 1.